The third-order valence-electron chi connectivity index (χ3n) is 4.59. The maximum Gasteiger partial charge on any atom is 0.191 e. The zero-order valence-electron chi connectivity index (χ0n) is 15.8. The largest absolute Gasteiger partial charge is 0.379 e. The summed E-state index contributed by atoms with van der Waals surface area (Å²) in [6.45, 7) is 8.26. The lowest BCUT2D eigenvalue weighted by Gasteiger charge is -2.11. The molecule has 2 aromatic rings. The van der Waals surface area contributed by atoms with Crippen molar-refractivity contribution in [2.45, 2.75) is 33.1 Å². The highest BCUT2D eigenvalue weighted by Gasteiger charge is 2.20. The Labute approximate surface area is 173 Å². The Morgan fingerprint density at radius 3 is 2.85 bits per heavy atom. The van der Waals surface area contributed by atoms with Crippen LogP contribution in [-0.2, 0) is 11.2 Å². The topological polar surface area (TPSA) is 61.4 Å². The Morgan fingerprint density at radius 2 is 2.08 bits per heavy atom. The molecule has 0 radical (unpaired) electrons. The molecule has 1 saturated carbocycles. The number of nitrogens with zero attached hydrogens (tertiary/aromatic N) is 1. The van der Waals surface area contributed by atoms with E-state index >= 15 is 0 Å². The minimum atomic E-state index is 0. The molecule has 3 N–H and O–H groups in total. The summed E-state index contributed by atoms with van der Waals surface area (Å²) in [4.78, 5) is 8.06. The van der Waals surface area contributed by atoms with Gasteiger partial charge in [0.15, 0.2) is 5.96 Å². The molecule has 0 bridgehead atoms. The summed E-state index contributed by atoms with van der Waals surface area (Å²) in [7, 11) is 0. The zero-order valence-corrected chi connectivity index (χ0v) is 18.1. The van der Waals surface area contributed by atoms with Crippen molar-refractivity contribution in [3.63, 3.8) is 0 Å². The molecule has 1 aromatic heterocycles. The van der Waals surface area contributed by atoms with Gasteiger partial charge in [-0.25, -0.2) is 0 Å². The van der Waals surface area contributed by atoms with E-state index in [0.717, 1.165) is 38.0 Å². The first-order valence-electron chi connectivity index (χ1n) is 9.44. The van der Waals surface area contributed by atoms with Gasteiger partial charge in [-0.2, -0.15) is 0 Å². The molecule has 3 rings (SSSR count). The van der Waals surface area contributed by atoms with E-state index in [1.807, 2.05) is 0 Å². The van der Waals surface area contributed by atoms with Gasteiger partial charge in [-0.3, -0.25) is 4.99 Å². The second-order valence-electron chi connectivity index (χ2n) is 6.73. The maximum atomic E-state index is 5.65. The van der Waals surface area contributed by atoms with Crippen LogP contribution in [0.15, 0.2) is 29.3 Å². The van der Waals surface area contributed by atoms with Gasteiger partial charge >= 0.3 is 0 Å². The SMILES string of the molecule is CCNC(=NCCOCC1CC1)NCCc1c(C)[nH]c2ccccc12.I. The fourth-order valence-electron chi connectivity index (χ4n) is 3.06. The van der Waals surface area contributed by atoms with E-state index < -0.39 is 0 Å². The number of aromatic nitrogens is 1. The number of aliphatic imine (C=N–C) groups is 1. The minimum absolute atomic E-state index is 0. The van der Waals surface area contributed by atoms with Crippen molar-refractivity contribution >= 4 is 40.8 Å². The Balaban J connectivity index is 0.00000243. The van der Waals surface area contributed by atoms with Gasteiger partial charge in [-0.1, -0.05) is 18.2 Å². The third-order valence-corrected chi connectivity index (χ3v) is 4.59. The number of ether oxygens (including phenoxy) is 1. The number of halogens is 1. The number of fused-ring (bicyclic) bond motifs is 1. The van der Waals surface area contributed by atoms with Gasteiger partial charge in [0.2, 0.25) is 0 Å². The number of nitrogens with one attached hydrogen (secondary N) is 3. The number of aromatic amines is 1. The first-order valence-corrected chi connectivity index (χ1v) is 9.44. The van der Waals surface area contributed by atoms with E-state index in [4.69, 9.17) is 4.74 Å². The van der Waals surface area contributed by atoms with Crippen LogP contribution in [0.1, 0.15) is 31.0 Å². The average Bonchev–Trinajstić information content (AvgIpc) is 3.38. The van der Waals surface area contributed by atoms with Gasteiger partial charge < -0.3 is 20.4 Å². The molecule has 0 atom stereocenters. The van der Waals surface area contributed by atoms with Crippen LogP contribution < -0.4 is 10.6 Å². The molecule has 1 aliphatic rings. The molecule has 1 fully saturated rings. The van der Waals surface area contributed by atoms with Crippen molar-refractivity contribution in [1.29, 1.82) is 0 Å². The smallest absolute Gasteiger partial charge is 0.191 e. The van der Waals surface area contributed by atoms with E-state index in [2.05, 4.69) is 58.7 Å². The van der Waals surface area contributed by atoms with Crippen LogP contribution in [0, 0.1) is 12.8 Å². The van der Waals surface area contributed by atoms with Crippen molar-refractivity contribution in [2.75, 3.05) is 32.8 Å². The van der Waals surface area contributed by atoms with Crippen LogP contribution in [0.5, 0.6) is 0 Å². The van der Waals surface area contributed by atoms with Crippen molar-refractivity contribution in [3.05, 3.63) is 35.5 Å². The minimum Gasteiger partial charge on any atom is -0.379 e. The Bertz CT molecular complexity index is 709. The fraction of sp³-hybridized carbons (Fsp3) is 0.550. The summed E-state index contributed by atoms with van der Waals surface area (Å²) in [5.74, 6) is 1.68. The molecule has 0 spiro atoms. The molecule has 0 unspecified atom stereocenters. The van der Waals surface area contributed by atoms with Crippen molar-refractivity contribution in [3.8, 4) is 0 Å². The zero-order chi connectivity index (χ0) is 17.5. The lowest BCUT2D eigenvalue weighted by molar-refractivity contribution is 0.131. The van der Waals surface area contributed by atoms with E-state index in [0.29, 0.717) is 13.2 Å². The quantitative estimate of drug-likeness (QED) is 0.227. The van der Waals surface area contributed by atoms with Gasteiger partial charge in [0.1, 0.15) is 0 Å². The van der Waals surface area contributed by atoms with Crippen LogP contribution in [-0.4, -0.2) is 43.8 Å². The Morgan fingerprint density at radius 1 is 1.27 bits per heavy atom. The summed E-state index contributed by atoms with van der Waals surface area (Å²) in [6.07, 6.45) is 3.64. The first kappa shape index (κ1) is 21.0. The van der Waals surface area contributed by atoms with Gasteiger partial charge in [-0.05, 0) is 50.7 Å². The number of aryl methyl sites for hydroxylation is 1. The third kappa shape index (κ3) is 6.16. The Kier molecular flexibility index (Phi) is 8.71. The van der Waals surface area contributed by atoms with Crippen LogP contribution in [0.4, 0.5) is 0 Å². The number of rotatable bonds is 9. The predicted octanol–water partition coefficient (Wildman–Crippen LogP) is 3.62. The highest BCUT2D eigenvalue weighted by Crippen LogP contribution is 2.28. The molecule has 6 heteroatoms. The van der Waals surface area contributed by atoms with Crippen molar-refractivity contribution in [2.24, 2.45) is 10.9 Å². The van der Waals surface area contributed by atoms with Crippen molar-refractivity contribution < 1.29 is 4.74 Å². The summed E-state index contributed by atoms with van der Waals surface area (Å²) in [6, 6.07) is 8.48. The van der Waals surface area contributed by atoms with Gasteiger partial charge in [0.05, 0.1) is 13.2 Å². The molecule has 1 aliphatic carbocycles. The predicted molar refractivity (Wildman–Crippen MR) is 120 cm³/mol. The van der Waals surface area contributed by atoms with E-state index in [9.17, 15) is 0 Å². The fourth-order valence-corrected chi connectivity index (χ4v) is 3.06. The molecule has 0 aliphatic heterocycles. The summed E-state index contributed by atoms with van der Waals surface area (Å²) < 4.78 is 5.65. The van der Waals surface area contributed by atoms with Crippen LogP contribution >= 0.6 is 24.0 Å². The number of guanidine groups is 1. The molecular formula is C20H31IN4O. The second kappa shape index (κ2) is 10.8. The number of hydrogen-bond acceptors (Lipinski definition) is 2. The highest BCUT2D eigenvalue weighted by atomic mass is 127. The lowest BCUT2D eigenvalue weighted by Crippen LogP contribution is -2.38. The summed E-state index contributed by atoms with van der Waals surface area (Å²) in [5, 5.41) is 8.05. The summed E-state index contributed by atoms with van der Waals surface area (Å²) >= 11 is 0. The molecule has 0 saturated heterocycles. The van der Waals surface area contributed by atoms with Crippen LogP contribution in [0.2, 0.25) is 0 Å². The Hall–Kier alpha value is -1.28. The van der Waals surface area contributed by atoms with Crippen LogP contribution in [0.25, 0.3) is 10.9 Å². The maximum absolute atomic E-state index is 5.65. The van der Waals surface area contributed by atoms with E-state index in [1.54, 1.807) is 0 Å². The monoisotopic (exact) mass is 470 g/mol. The number of hydrogen-bond donors (Lipinski definition) is 3. The number of para-hydroxylation sites is 1. The molecular weight excluding hydrogens is 439 g/mol. The second-order valence-corrected chi connectivity index (χ2v) is 6.73. The normalized spacial score (nSPS) is 14.3. The van der Waals surface area contributed by atoms with Crippen molar-refractivity contribution in [1.82, 2.24) is 15.6 Å². The lowest BCUT2D eigenvalue weighted by atomic mass is 10.1. The highest BCUT2D eigenvalue weighted by molar-refractivity contribution is 14.0. The summed E-state index contributed by atoms with van der Waals surface area (Å²) in [5.41, 5.74) is 3.84. The molecule has 0 amide bonds. The van der Waals surface area contributed by atoms with Gasteiger partial charge in [-0.15, -0.1) is 24.0 Å². The molecule has 1 aromatic carbocycles. The first-order chi connectivity index (χ1) is 12.3. The van der Waals surface area contributed by atoms with Gasteiger partial charge in [0, 0.05) is 36.3 Å². The van der Waals surface area contributed by atoms with E-state index in [1.165, 1.54) is 35.0 Å². The molecule has 1 heterocycles. The molecule has 26 heavy (non-hydrogen) atoms. The number of benzene rings is 1. The molecule has 144 valence electrons. The van der Waals surface area contributed by atoms with E-state index in [-0.39, 0.29) is 24.0 Å². The number of H-pyrrole nitrogens is 1. The van der Waals surface area contributed by atoms with Crippen LogP contribution in [0.3, 0.4) is 0 Å². The standard InChI is InChI=1S/C20H30N4O.HI/c1-3-21-20(23-12-13-25-14-16-8-9-16)22-11-10-17-15(2)24-19-7-5-4-6-18(17)19;/h4-7,16,24H,3,8-14H2,1-2H3,(H2,21,22,23);1H. The average molecular weight is 470 g/mol. The molecule has 5 nitrogen and oxygen atoms in total. The van der Waals surface area contributed by atoms with Gasteiger partial charge in [0.25, 0.3) is 0 Å².